The molecule has 0 bridgehead atoms. The third-order valence-electron chi connectivity index (χ3n) is 3.89. The van der Waals surface area contributed by atoms with Gasteiger partial charge in [-0.05, 0) is 28.7 Å². The second-order valence-corrected chi connectivity index (χ2v) is 5.38. The molecule has 0 saturated carbocycles. The van der Waals surface area contributed by atoms with Crippen molar-refractivity contribution in [3.63, 3.8) is 0 Å². The summed E-state index contributed by atoms with van der Waals surface area (Å²) in [5, 5.41) is 8.78. The first-order valence-corrected chi connectivity index (χ1v) is 7.09. The SMILES string of the molecule is N#CCc1cccc(CN2CCc3ccccc3C2)c1. The van der Waals surface area contributed by atoms with Crippen molar-refractivity contribution >= 4 is 0 Å². The molecule has 1 aliphatic heterocycles. The molecule has 2 nitrogen and oxygen atoms in total. The van der Waals surface area contributed by atoms with Crippen LogP contribution in [-0.2, 0) is 25.9 Å². The van der Waals surface area contributed by atoms with Crippen LogP contribution in [0.1, 0.15) is 22.3 Å². The van der Waals surface area contributed by atoms with Crippen LogP contribution in [0.25, 0.3) is 0 Å². The predicted molar refractivity (Wildman–Crippen MR) is 80.0 cm³/mol. The van der Waals surface area contributed by atoms with Crippen LogP contribution >= 0.6 is 0 Å². The van der Waals surface area contributed by atoms with Gasteiger partial charge in [-0.1, -0.05) is 48.5 Å². The third-order valence-corrected chi connectivity index (χ3v) is 3.89. The number of nitrogens with zero attached hydrogens (tertiary/aromatic N) is 2. The van der Waals surface area contributed by atoms with Crippen molar-refractivity contribution < 1.29 is 0 Å². The van der Waals surface area contributed by atoms with Gasteiger partial charge in [-0.2, -0.15) is 5.26 Å². The van der Waals surface area contributed by atoms with Gasteiger partial charge in [-0.25, -0.2) is 0 Å². The maximum atomic E-state index is 8.78. The Labute approximate surface area is 120 Å². The smallest absolute Gasteiger partial charge is 0.0669 e. The summed E-state index contributed by atoms with van der Waals surface area (Å²) in [5.74, 6) is 0. The number of rotatable bonds is 3. The van der Waals surface area contributed by atoms with E-state index >= 15 is 0 Å². The summed E-state index contributed by atoms with van der Waals surface area (Å²) in [5.41, 5.74) is 5.36. The van der Waals surface area contributed by atoms with E-state index in [1.807, 2.05) is 6.07 Å². The second-order valence-electron chi connectivity index (χ2n) is 5.38. The molecule has 3 rings (SSSR count). The Morgan fingerprint density at radius 3 is 2.65 bits per heavy atom. The fraction of sp³-hybridized carbons (Fsp3) is 0.278. The maximum Gasteiger partial charge on any atom is 0.0669 e. The highest BCUT2D eigenvalue weighted by Gasteiger charge is 2.15. The van der Waals surface area contributed by atoms with Crippen molar-refractivity contribution in [3.05, 3.63) is 70.8 Å². The topological polar surface area (TPSA) is 27.0 Å². The van der Waals surface area contributed by atoms with Gasteiger partial charge in [0.25, 0.3) is 0 Å². The van der Waals surface area contributed by atoms with E-state index in [0.717, 1.165) is 31.6 Å². The standard InChI is InChI=1S/C18H18N2/c19-10-8-15-4-3-5-16(12-15)13-20-11-9-17-6-1-2-7-18(17)14-20/h1-7,12H,8-9,11,13-14H2. The molecular formula is C18H18N2. The lowest BCUT2D eigenvalue weighted by Crippen LogP contribution is -2.29. The number of hydrogen-bond donors (Lipinski definition) is 0. The molecule has 0 aromatic heterocycles. The Hall–Kier alpha value is -2.11. The Morgan fingerprint density at radius 2 is 1.80 bits per heavy atom. The molecule has 0 amide bonds. The van der Waals surface area contributed by atoms with Crippen molar-refractivity contribution in [2.45, 2.75) is 25.9 Å². The molecule has 0 unspecified atom stereocenters. The van der Waals surface area contributed by atoms with Gasteiger partial charge in [0.15, 0.2) is 0 Å². The summed E-state index contributed by atoms with van der Waals surface area (Å²) in [4.78, 5) is 2.48. The monoisotopic (exact) mass is 262 g/mol. The average Bonchev–Trinajstić information content (AvgIpc) is 2.48. The van der Waals surface area contributed by atoms with Gasteiger partial charge in [0.1, 0.15) is 0 Å². The highest BCUT2D eigenvalue weighted by molar-refractivity contribution is 5.30. The van der Waals surface area contributed by atoms with Gasteiger partial charge in [0.05, 0.1) is 12.5 Å². The fourth-order valence-electron chi connectivity index (χ4n) is 2.88. The lowest BCUT2D eigenvalue weighted by Gasteiger charge is -2.28. The van der Waals surface area contributed by atoms with Gasteiger partial charge in [-0.15, -0.1) is 0 Å². The Bertz CT molecular complexity index is 640. The summed E-state index contributed by atoms with van der Waals surface area (Å²) >= 11 is 0. The van der Waals surface area contributed by atoms with E-state index in [1.165, 1.54) is 16.7 Å². The van der Waals surface area contributed by atoms with E-state index in [9.17, 15) is 0 Å². The van der Waals surface area contributed by atoms with Crippen LogP contribution in [0.15, 0.2) is 48.5 Å². The van der Waals surface area contributed by atoms with Crippen molar-refractivity contribution in [1.82, 2.24) is 4.90 Å². The van der Waals surface area contributed by atoms with E-state index in [0.29, 0.717) is 6.42 Å². The summed E-state index contributed by atoms with van der Waals surface area (Å²) in [7, 11) is 0. The van der Waals surface area contributed by atoms with Gasteiger partial charge in [-0.3, -0.25) is 4.90 Å². The molecule has 1 heterocycles. The molecule has 0 fully saturated rings. The molecule has 0 atom stereocenters. The van der Waals surface area contributed by atoms with Gasteiger partial charge in [0, 0.05) is 19.6 Å². The minimum atomic E-state index is 0.497. The lowest BCUT2D eigenvalue weighted by molar-refractivity contribution is 0.245. The summed E-state index contributed by atoms with van der Waals surface area (Å²) in [6, 6.07) is 19.3. The number of hydrogen-bond acceptors (Lipinski definition) is 2. The molecule has 0 radical (unpaired) electrons. The van der Waals surface area contributed by atoms with Crippen LogP contribution in [0.4, 0.5) is 0 Å². The zero-order valence-electron chi connectivity index (χ0n) is 11.5. The zero-order chi connectivity index (χ0) is 13.8. The van der Waals surface area contributed by atoms with Crippen molar-refractivity contribution in [2.24, 2.45) is 0 Å². The molecule has 100 valence electrons. The lowest BCUT2D eigenvalue weighted by atomic mass is 9.99. The van der Waals surface area contributed by atoms with E-state index in [4.69, 9.17) is 5.26 Å². The van der Waals surface area contributed by atoms with Gasteiger partial charge >= 0.3 is 0 Å². The van der Waals surface area contributed by atoms with Gasteiger partial charge < -0.3 is 0 Å². The van der Waals surface area contributed by atoms with Crippen molar-refractivity contribution in [1.29, 1.82) is 5.26 Å². The van der Waals surface area contributed by atoms with Crippen LogP contribution in [0.2, 0.25) is 0 Å². The highest BCUT2D eigenvalue weighted by Crippen LogP contribution is 2.20. The fourth-order valence-corrected chi connectivity index (χ4v) is 2.88. The molecule has 2 heteroatoms. The zero-order valence-corrected chi connectivity index (χ0v) is 11.5. The van der Waals surface area contributed by atoms with Crippen LogP contribution < -0.4 is 0 Å². The molecular weight excluding hydrogens is 244 g/mol. The van der Waals surface area contributed by atoms with Crippen LogP contribution in [0, 0.1) is 11.3 Å². The minimum absolute atomic E-state index is 0.497. The molecule has 0 saturated heterocycles. The molecule has 2 aromatic carbocycles. The average molecular weight is 262 g/mol. The van der Waals surface area contributed by atoms with E-state index < -0.39 is 0 Å². The Morgan fingerprint density at radius 1 is 1.00 bits per heavy atom. The first-order chi connectivity index (χ1) is 9.85. The largest absolute Gasteiger partial charge is 0.294 e. The van der Waals surface area contributed by atoms with E-state index in [1.54, 1.807) is 0 Å². The summed E-state index contributed by atoms with van der Waals surface area (Å²) in [6.07, 6.45) is 1.63. The van der Waals surface area contributed by atoms with Crippen LogP contribution in [0.5, 0.6) is 0 Å². The summed E-state index contributed by atoms with van der Waals surface area (Å²) in [6.45, 7) is 3.10. The Kier molecular flexibility index (Phi) is 3.80. The first-order valence-electron chi connectivity index (χ1n) is 7.09. The Balaban J connectivity index is 1.70. The molecule has 0 N–H and O–H groups in total. The van der Waals surface area contributed by atoms with E-state index in [-0.39, 0.29) is 0 Å². The van der Waals surface area contributed by atoms with Crippen molar-refractivity contribution in [3.8, 4) is 6.07 Å². The third kappa shape index (κ3) is 2.89. The van der Waals surface area contributed by atoms with Crippen LogP contribution in [0.3, 0.4) is 0 Å². The maximum absolute atomic E-state index is 8.78. The molecule has 0 spiro atoms. The van der Waals surface area contributed by atoms with Gasteiger partial charge in [0.2, 0.25) is 0 Å². The van der Waals surface area contributed by atoms with E-state index in [2.05, 4.69) is 53.4 Å². The molecule has 20 heavy (non-hydrogen) atoms. The van der Waals surface area contributed by atoms with Crippen molar-refractivity contribution in [2.75, 3.05) is 6.54 Å². The first kappa shape index (κ1) is 12.9. The minimum Gasteiger partial charge on any atom is -0.294 e. The normalized spacial score (nSPS) is 14.6. The van der Waals surface area contributed by atoms with Crippen LogP contribution in [-0.4, -0.2) is 11.4 Å². The molecule has 2 aromatic rings. The molecule has 0 aliphatic carbocycles. The highest BCUT2D eigenvalue weighted by atomic mass is 15.1. The number of nitriles is 1. The predicted octanol–water partition coefficient (Wildman–Crippen LogP) is 3.31. The second kappa shape index (κ2) is 5.90. The number of fused-ring (bicyclic) bond motifs is 1. The number of benzene rings is 2. The quantitative estimate of drug-likeness (QED) is 0.848. The molecule has 1 aliphatic rings. The summed E-state index contributed by atoms with van der Waals surface area (Å²) < 4.78 is 0.